The molecule has 2 nitrogen and oxygen atoms in total. The number of carbonyl (C=O) groups is 1. The molecule has 0 bridgehead atoms. The molecule has 0 aliphatic carbocycles. The molecule has 0 aliphatic rings. The van der Waals surface area contributed by atoms with Crippen LogP contribution in [-0.2, 0) is 4.79 Å². The zero-order chi connectivity index (χ0) is 9.52. The zero-order valence-corrected chi connectivity index (χ0v) is 8.98. The molecular formula is C10H12O2Se. The van der Waals surface area contributed by atoms with E-state index in [1.807, 2.05) is 18.2 Å². The van der Waals surface area contributed by atoms with Crippen LogP contribution in [0.3, 0.4) is 0 Å². The van der Waals surface area contributed by atoms with Gasteiger partial charge in [0.05, 0.1) is 0 Å². The molecule has 0 heterocycles. The fourth-order valence-electron chi connectivity index (χ4n) is 0.930. The van der Waals surface area contributed by atoms with Crippen LogP contribution in [0, 0.1) is 0 Å². The summed E-state index contributed by atoms with van der Waals surface area (Å²) in [6, 6.07) is 10.2. The molecule has 0 aromatic heterocycles. The summed E-state index contributed by atoms with van der Waals surface area (Å²) in [7, 11) is 0. The third kappa shape index (κ3) is 4.71. The van der Waals surface area contributed by atoms with Crippen molar-refractivity contribution >= 4 is 25.4 Å². The van der Waals surface area contributed by atoms with Crippen molar-refractivity contribution < 1.29 is 9.90 Å². The number of benzene rings is 1. The van der Waals surface area contributed by atoms with Crippen LogP contribution in [0.25, 0.3) is 0 Å². The summed E-state index contributed by atoms with van der Waals surface area (Å²) in [5, 5.41) is 9.43. The van der Waals surface area contributed by atoms with E-state index in [4.69, 9.17) is 5.11 Å². The predicted molar refractivity (Wildman–Crippen MR) is 53.5 cm³/mol. The summed E-state index contributed by atoms with van der Waals surface area (Å²) in [5.74, 6) is -0.691. The number of aliphatic carboxylic acids is 1. The monoisotopic (exact) mass is 244 g/mol. The second kappa shape index (κ2) is 5.79. The predicted octanol–water partition coefficient (Wildman–Crippen LogP) is 1.30. The van der Waals surface area contributed by atoms with Gasteiger partial charge in [0.25, 0.3) is 0 Å². The van der Waals surface area contributed by atoms with Crippen molar-refractivity contribution in [2.45, 2.75) is 18.2 Å². The number of carboxylic acid groups (broad SMARTS) is 1. The minimum atomic E-state index is -0.691. The van der Waals surface area contributed by atoms with Gasteiger partial charge in [0, 0.05) is 0 Å². The van der Waals surface area contributed by atoms with Gasteiger partial charge in [-0.1, -0.05) is 0 Å². The molecule has 70 valence electrons. The topological polar surface area (TPSA) is 37.3 Å². The Bertz CT molecular complexity index is 259. The molecule has 0 unspecified atom stereocenters. The van der Waals surface area contributed by atoms with Gasteiger partial charge in [-0.2, -0.15) is 0 Å². The van der Waals surface area contributed by atoms with E-state index in [-0.39, 0.29) is 0 Å². The first-order chi connectivity index (χ1) is 6.29. The molecule has 1 aromatic rings. The third-order valence-corrected chi connectivity index (χ3v) is 3.85. The van der Waals surface area contributed by atoms with Gasteiger partial charge in [-0.3, -0.25) is 0 Å². The van der Waals surface area contributed by atoms with Crippen LogP contribution in [0.1, 0.15) is 12.8 Å². The van der Waals surface area contributed by atoms with Crippen LogP contribution in [-0.4, -0.2) is 26.0 Å². The van der Waals surface area contributed by atoms with Crippen LogP contribution in [0.4, 0.5) is 0 Å². The third-order valence-electron chi connectivity index (χ3n) is 1.55. The van der Waals surface area contributed by atoms with Gasteiger partial charge in [0.15, 0.2) is 0 Å². The molecule has 0 saturated heterocycles. The van der Waals surface area contributed by atoms with Crippen LogP contribution in [0.15, 0.2) is 30.3 Å². The van der Waals surface area contributed by atoms with E-state index in [2.05, 4.69) is 12.1 Å². The van der Waals surface area contributed by atoms with Crippen molar-refractivity contribution in [2.75, 3.05) is 0 Å². The SMILES string of the molecule is O=C(O)CCC[Se]c1ccccc1. The van der Waals surface area contributed by atoms with E-state index in [0.717, 1.165) is 11.7 Å². The Morgan fingerprint density at radius 2 is 2.00 bits per heavy atom. The van der Waals surface area contributed by atoms with Gasteiger partial charge in [-0.25, -0.2) is 0 Å². The maximum atomic E-state index is 10.2. The Morgan fingerprint density at radius 3 is 2.62 bits per heavy atom. The molecule has 1 rings (SSSR count). The number of hydrogen-bond donors (Lipinski definition) is 1. The van der Waals surface area contributed by atoms with Gasteiger partial charge >= 0.3 is 83.8 Å². The molecule has 13 heavy (non-hydrogen) atoms. The molecule has 0 spiro atoms. The van der Waals surface area contributed by atoms with Crippen molar-refractivity contribution in [3.05, 3.63) is 30.3 Å². The molecule has 0 saturated carbocycles. The maximum absolute atomic E-state index is 10.2. The number of hydrogen-bond acceptors (Lipinski definition) is 1. The molecule has 0 aliphatic heterocycles. The normalized spacial score (nSPS) is 9.85. The zero-order valence-electron chi connectivity index (χ0n) is 7.27. The van der Waals surface area contributed by atoms with Crippen molar-refractivity contribution in [2.24, 2.45) is 0 Å². The van der Waals surface area contributed by atoms with E-state index < -0.39 is 5.97 Å². The van der Waals surface area contributed by atoms with Crippen molar-refractivity contribution in [1.82, 2.24) is 0 Å². The van der Waals surface area contributed by atoms with Crippen LogP contribution in [0.2, 0.25) is 5.32 Å². The van der Waals surface area contributed by atoms with E-state index in [9.17, 15) is 4.79 Å². The summed E-state index contributed by atoms with van der Waals surface area (Å²) in [4.78, 5) is 10.2. The Kier molecular flexibility index (Phi) is 4.58. The quantitative estimate of drug-likeness (QED) is 0.625. The first-order valence-electron chi connectivity index (χ1n) is 4.18. The minimum absolute atomic E-state index is 0.300. The van der Waals surface area contributed by atoms with Gasteiger partial charge in [0.2, 0.25) is 0 Å². The molecular weight excluding hydrogens is 231 g/mol. The van der Waals surface area contributed by atoms with Crippen molar-refractivity contribution in [1.29, 1.82) is 0 Å². The van der Waals surface area contributed by atoms with Crippen molar-refractivity contribution in [3.63, 3.8) is 0 Å². The van der Waals surface area contributed by atoms with Gasteiger partial charge < -0.3 is 0 Å². The molecule has 0 atom stereocenters. The molecule has 3 heteroatoms. The first kappa shape index (κ1) is 10.3. The Balaban J connectivity index is 2.17. The summed E-state index contributed by atoms with van der Waals surface area (Å²) in [5.41, 5.74) is 0. The average molecular weight is 243 g/mol. The van der Waals surface area contributed by atoms with Gasteiger partial charge in [0.1, 0.15) is 0 Å². The van der Waals surface area contributed by atoms with Crippen molar-refractivity contribution in [3.8, 4) is 0 Å². The van der Waals surface area contributed by atoms with Gasteiger partial charge in [-0.05, 0) is 0 Å². The van der Waals surface area contributed by atoms with Gasteiger partial charge in [-0.15, -0.1) is 0 Å². The first-order valence-corrected chi connectivity index (χ1v) is 6.25. The summed E-state index contributed by atoms with van der Waals surface area (Å²) in [6.07, 6.45) is 1.10. The van der Waals surface area contributed by atoms with E-state index >= 15 is 0 Å². The Labute approximate surface area is 84.1 Å². The molecule has 0 radical (unpaired) electrons. The fraction of sp³-hybridized carbons (Fsp3) is 0.300. The molecule has 0 amide bonds. The summed E-state index contributed by atoms with van der Waals surface area (Å²) in [6.45, 7) is 0. The van der Waals surface area contributed by atoms with Crippen LogP contribution in [0.5, 0.6) is 0 Å². The fourth-order valence-corrected chi connectivity index (χ4v) is 2.76. The number of carboxylic acids is 1. The standard InChI is InChI=1S/C10H12O2Se/c11-10(12)7-4-8-13-9-5-2-1-3-6-9/h1-3,5-6H,4,7-8H2,(H,11,12). The molecule has 1 N–H and O–H groups in total. The molecule has 0 fully saturated rings. The van der Waals surface area contributed by atoms with Crippen LogP contribution < -0.4 is 4.46 Å². The Hall–Kier alpha value is -0.791. The average Bonchev–Trinajstić information content (AvgIpc) is 2.14. The molecule has 1 aromatic carbocycles. The second-order valence-corrected chi connectivity index (χ2v) is 5.11. The number of rotatable bonds is 5. The Morgan fingerprint density at radius 1 is 1.31 bits per heavy atom. The van der Waals surface area contributed by atoms with E-state index in [1.54, 1.807) is 0 Å². The van der Waals surface area contributed by atoms with E-state index in [0.29, 0.717) is 21.4 Å². The van der Waals surface area contributed by atoms with Crippen LogP contribution >= 0.6 is 0 Å². The second-order valence-electron chi connectivity index (χ2n) is 2.66. The van der Waals surface area contributed by atoms with E-state index in [1.165, 1.54) is 4.46 Å². The summed E-state index contributed by atoms with van der Waals surface area (Å²) < 4.78 is 1.35. The summed E-state index contributed by atoms with van der Waals surface area (Å²) >= 11 is 0.441.